The highest BCUT2D eigenvalue weighted by atomic mass is 32.2. The first-order chi connectivity index (χ1) is 9.17. The molecule has 4 heteroatoms. The zero-order valence-electron chi connectivity index (χ0n) is 12.3. The molecule has 0 aromatic rings. The molecule has 0 unspecified atom stereocenters. The Labute approximate surface area is 121 Å². The van der Waals surface area contributed by atoms with E-state index >= 15 is 0 Å². The fraction of sp³-hybridized carbons (Fsp3) is 0.867. The van der Waals surface area contributed by atoms with Gasteiger partial charge >= 0.3 is 0 Å². The molecule has 1 heterocycles. The molecule has 0 radical (unpaired) electrons. The van der Waals surface area contributed by atoms with Gasteiger partial charge in [0.05, 0.1) is 6.07 Å². The number of likely N-dealkylation sites (tertiary alicyclic amines) is 1. The second-order valence-corrected chi connectivity index (χ2v) is 6.54. The normalized spacial score (nSPS) is 18.1. The summed E-state index contributed by atoms with van der Waals surface area (Å²) >= 11 is 1.63. The molecule has 0 atom stereocenters. The molecule has 0 bridgehead atoms. The molecule has 1 fully saturated rings. The van der Waals surface area contributed by atoms with Crippen LogP contribution < -0.4 is 0 Å². The van der Waals surface area contributed by atoms with Gasteiger partial charge in [0, 0.05) is 19.5 Å². The van der Waals surface area contributed by atoms with Gasteiger partial charge in [-0.1, -0.05) is 32.6 Å². The van der Waals surface area contributed by atoms with Crippen molar-refractivity contribution in [3.63, 3.8) is 0 Å². The predicted octanol–water partition coefficient (Wildman–Crippen LogP) is 3.59. The first kappa shape index (κ1) is 16.4. The monoisotopic (exact) mass is 282 g/mol. The maximum absolute atomic E-state index is 12.1. The van der Waals surface area contributed by atoms with Crippen LogP contribution in [0.5, 0.6) is 0 Å². The van der Waals surface area contributed by atoms with Crippen LogP contribution in [-0.4, -0.2) is 34.9 Å². The lowest BCUT2D eigenvalue weighted by Crippen LogP contribution is -2.44. The highest BCUT2D eigenvalue weighted by molar-refractivity contribution is 8.00. The molecular weight excluding hydrogens is 256 g/mol. The Morgan fingerprint density at radius 3 is 2.42 bits per heavy atom. The molecule has 108 valence electrons. The van der Waals surface area contributed by atoms with Crippen LogP contribution >= 0.6 is 11.8 Å². The number of hydrogen-bond acceptors (Lipinski definition) is 3. The zero-order valence-corrected chi connectivity index (χ0v) is 13.1. The van der Waals surface area contributed by atoms with Gasteiger partial charge in [0.1, 0.15) is 4.75 Å². The molecule has 19 heavy (non-hydrogen) atoms. The maximum atomic E-state index is 12.1. The quantitative estimate of drug-likeness (QED) is 0.670. The Bertz CT molecular complexity index is 317. The predicted molar refractivity (Wildman–Crippen MR) is 81.0 cm³/mol. The van der Waals surface area contributed by atoms with E-state index in [-0.39, 0.29) is 10.7 Å². The lowest BCUT2D eigenvalue weighted by Gasteiger charge is -2.36. The number of nitrogens with zero attached hydrogens (tertiary/aromatic N) is 2. The Morgan fingerprint density at radius 1 is 1.26 bits per heavy atom. The number of hydrogen-bond donors (Lipinski definition) is 0. The van der Waals surface area contributed by atoms with Crippen molar-refractivity contribution >= 4 is 17.7 Å². The first-order valence-electron chi connectivity index (χ1n) is 7.41. The van der Waals surface area contributed by atoms with Gasteiger partial charge < -0.3 is 4.90 Å². The fourth-order valence-electron chi connectivity index (χ4n) is 2.52. The third kappa shape index (κ3) is 5.06. The maximum Gasteiger partial charge on any atom is 0.222 e. The lowest BCUT2D eigenvalue weighted by atomic mass is 9.97. The van der Waals surface area contributed by atoms with E-state index in [1.165, 1.54) is 25.7 Å². The molecule has 1 rings (SSSR count). The Kier molecular flexibility index (Phi) is 7.30. The number of nitriles is 1. The van der Waals surface area contributed by atoms with Crippen LogP contribution in [0.2, 0.25) is 0 Å². The third-order valence-corrected chi connectivity index (χ3v) is 5.29. The standard InChI is InChI=1S/C15H26N2OS/c1-3-4-5-6-7-8-14(18)17-11-9-15(13-16,19-2)10-12-17/h3-12H2,1-2H3. The number of amides is 1. The van der Waals surface area contributed by atoms with Crippen molar-refractivity contribution in [2.75, 3.05) is 19.3 Å². The van der Waals surface area contributed by atoms with E-state index in [9.17, 15) is 10.1 Å². The third-order valence-electron chi connectivity index (χ3n) is 4.01. The van der Waals surface area contributed by atoms with Crippen molar-refractivity contribution in [3.8, 4) is 6.07 Å². The van der Waals surface area contributed by atoms with Crippen molar-refractivity contribution in [2.24, 2.45) is 0 Å². The fourth-order valence-corrected chi connectivity index (χ4v) is 3.20. The van der Waals surface area contributed by atoms with Crippen LogP contribution in [0.15, 0.2) is 0 Å². The molecule has 0 aromatic carbocycles. The molecule has 0 aromatic heterocycles. The van der Waals surface area contributed by atoms with E-state index in [2.05, 4.69) is 13.0 Å². The van der Waals surface area contributed by atoms with Crippen molar-refractivity contribution in [2.45, 2.75) is 63.0 Å². The summed E-state index contributed by atoms with van der Waals surface area (Å²) in [5.74, 6) is 0.282. The zero-order chi connectivity index (χ0) is 14.1. The minimum Gasteiger partial charge on any atom is -0.343 e. The summed E-state index contributed by atoms with van der Waals surface area (Å²) in [6.45, 7) is 3.70. The van der Waals surface area contributed by atoms with E-state index in [0.29, 0.717) is 6.42 Å². The molecule has 0 saturated carbocycles. The van der Waals surface area contributed by atoms with Crippen molar-refractivity contribution in [3.05, 3.63) is 0 Å². The summed E-state index contributed by atoms with van der Waals surface area (Å²) in [4.78, 5) is 14.0. The van der Waals surface area contributed by atoms with Gasteiger partial charge in [0.15, 0.2) is 0 Å². The van der Waals surface area contributed by atoms with Crippen molar-refractivity contribution < 1.29 is 4.79 Å². The van der Waals surface area contributed by atoms with E-state index < -0.39 is 0 Å². The highest BCUT2D eigenvalue weighted by Gasteiger charge is 2.35. The molecular formula is C15H26N2OS. The molecule has 1 saturated heterocycles. The largest absolute Gasteiger partial charge is 0.343 e. The molecule has 0 N–H and O–H groups in total. The Morgan fingerprint density at radius 2 is 1.89 bits per heavy atom. The number of carbonyl (C=O) groups is 1. The number of thioether (sulfide) groups is 1. The molecule has 1 aliphatic heterocycles. The smallest absolute Gasteiger partial charge is 0.222 e. The lowest BCUT2D eigenvalue weighted by molar-refractivity contribution is -0.132. The molecule has 0 spiro atoms. The van der Waals surface area contributed by atoms with E-state index in [4.69, 9.17) is 0 Å². The van der Waals surface area contributed by atoms with Gasteiger partial charge in [-0.25, -0.2) is 0 Å². The average molecular weight is 282 g/mol. The summed E-state index contributed by atoms with van der Waals surface area (Å²) in [6, 6.07) is 2.42. The van der Waals surface area contributed by atoms with Gasteiger partial charge in [0.25, 0.3) is 0 Å². The van der Waals surface area contributed by atoms with Gasteiger partial charge in [-0.3, -0.25) is 4.79 Å². The SMILES string of the molecule is CCCCCCCC(=O)N1CCC(C#N)(SC)CC1. The second-order valence-electron chi connectivity index (χ2n) is 5.36. The average Bonchev–Trinajstić information content (AvgIpc) is 2.47. The molecule has 1 aliphatic rings. The summed E-state index contributed by atoms with van der Waals surface area (Å²) in [7, 11) is 0. The van der Waals surface area contributed by atoms with Crippen LogP contribution in [0, 0.1) is 11.3 Å². The van der Waals surface area contributed by atoms with Crippen LogP contribution in [0.1, 0.15) is 58.3 Å². The van der Waals surface area contributed by atoms with Crippen LogP contribution in [-0.2, 0) is 4.79 Å². The Balaban J connectivity index is 2.24. The summed E-state index contributed by atoms with van der Waals surface area (Å²) < 4.78 is -0.252. The second kappa shape index (κ2) is 8.47. The number of carbonyl (C=O) groups excluding carboxylic acids is 1. The van der Waals surface area contributed by atoms with Gasteiger partial charge in [-0.2, -0.15) is 5.26 Å². The highest BCUT2D eigenvalue weighted by Crippen LogP contribution is 2.33. The van der Waals surface area contributed by atoms with Gasteiger partial charge in [0.2, 0.25) is 5.91 Å². The van der Waals surface area contributed by atoms with Gasteiger partial charge in [-0.15, -0.1) is 11.8 Å². The van der Waals surface area contributed by atoms with Crippen LogP contribution in [0.3, 0.4) is 0 Å². The topological polar surface area (TPSA) is 44.1 Å². The van der Waals surface area contributed by atoms with E-state index in [1.807, 2.05) is 11.2 Å². The van der Waals surface area contributed by atoms with Crippen molar-refractivity contribution in [1.29, 1.82) is 5.26 Å². The molecule has 0 aliphatic carbocycles. The van der Waals surface area contributed by atoms with Crippen LogP contribution in [0.4, 0.5) is 0 Å². The first-order valence-corrected chi connectivity index (χ1v) is 8.64. The Hall–Kier alpha value is -0.690. The minimum atomic E-state index is -0.252. The van der Waals surface area contributed by atoms with Crippen LogP contribution in [0.25, 0.3) is 0 Å². The summed E-state index contributed by atoms with van der Waals surface area (Å²) in [5.41, 5.74) is 0. The number of rotatable bonds is 7. The summed E-state index contributed by atoms with van der Waals surface area (Å²) in [6.07, 6.45) is 10.2. The van der Waals surface area contributed by atoms with E-state index in [1.54, 1.807) is 11.8 Å². The minimum absolute atomic E-state index is 0.252. The number of unbranched alkanes of at least 4 members (excludes halogenated alkanes) is 4. The molecule has 3 nitrogen and oxygen atoms in total. The summed E-state index contributed by atoms with van der Waals surface area (Å²) in [5, 5.41) is 9.22. The van der Waals surface area contributed by atoms with E-state index in [0.717, 1.165) is 32.4 Å². The molecule has 1 amide bonds. The van der Waals surface area contributed by atoms with Gasteiger partial charge in [-0.05, 0) is 25.5 Å². The number of piperidine rings is 1. The van der Waals surface area contributed by atoms with Crippen molar-refractivity contribution in [1.82, 2.24) is 4.90 Å².